The molecule has 0 bridgehead atoms. The molecule has 2 aromatic carbocycles. The zero-order chi connectivity index (χ0) is 14.8. The number of halogens is 2. The minimum absolute atomic E-state index is 0.333. The minimum atomic E-state index is 0.333. The highest BCUT2D eigenvalue weighted by molar-refractivity contribution is 9.10. The molecule has 2 atom stereocenters. The molecule has 1 saturated carbocycles. The summed E-state index contributed by atoms with van der Waals surface area (Å²) in [5.74, 6) is 0.754. The van der Waals surface area contributed by atoms with E-state index in [2.05, 4.69) is 64.6 Å². The van der Waals surface area contributed by atoms with Crippen molar-refractivity contribution in [3.05, 3.63) is 69.2 Å². The number of hydrogen-bond acceptors (Lipinski definition) is 1. The largest absolute Gasteiger partial charge is 0.303 e. The summed E-state index contributed by atoms with van der Waals surface area (Å²) in [4.78, 5) is 0. The van der Waals surface area contributed by atoms with Gasteiger partial charge >= 0.3 is 0 Å². The third kappa shape index (κ3) is 3.88. The molecule has 3 rings (SSSR count). The molecule has 3 heteroatoms. The molecule has 1 nitrogen and oxygen atoms in total. The van der Waals surface area contributed by atoms with Gasteiger partial charge in [-0.25, -0.2) is 0 Å². The average molecular weight is 365 g/mol. The summed E-state index contributed by atoms with van der Waals surface area (Å²) in [6.45, 7) is 2.23. The molecule has 21 heavy (non-hydrogen) atoms. The van der Waals surface area contributed by atoms with Crippen LogP contribution in [0.15, 0.2) is 53.0 Å². The lowest BCUT2D eigenvalue weighted by atomic mass is 9.99. The quantitative estimate of drug-likeness (QED) is 0.696. The van der Waals surface area contributed by atoms with Gasteiger partial charge in [-0.05, 0) is 61.1 Å². The average Bonchev–Trinajstić information content (AvgIpc) is 3.31. The van der Waals surface area contributed by atoms with E-state index >= 15 is 0 Å². The van der Waals surface area contributed by atoms with E-state index in [0.29, 0.717) is 12.1 Å². The molecule has 0 aliphatic heterocycles. The Morgan fingerprint density at radius 1 is 1.00 bits per heavy atom. The van der Waals surface area contributed by atoms with E-state index in [1.165, 1.54) is 24.0 Å². The van der Waals surface area contributed by atoms with E-state index in [-0.39, 0.29) is 0 Å². The van der Waals surface area contributed by atoms with Crippen LogP contribution in [0.2, 0.25) is 5.02 Å². The summed E-state index contributed by atoms with van der Waals surface area (Å²) in [7, 11) is 0. The Kier molecular flexibility index (Phi) is 4.68. The van der Waals surface area contributed by atoms with Crippen LogP contribution in [0.1, 0.15) is 43.0 Å². The lowest BCUT2D eigenvalue weighted by molar-refractivity contribution is 0.427. The Hall–Kier alpha value is -0.830. The highest BCUT2D eigenvalue weighted by Crippen LogP contribution is 2.42. The third-order valence-electron chi connectivity index (χ3n) is 4.12. The molecule has 0 amide bonds. The van der Waals surface area contributed by atoms with E-state index in [0.717, 1.165) is 15.4 Å². The van der Waals surface area contributed by atoms with E-state index in [9.17, 15) is 0 Å². The van der Waals surface area contributed by atoms with Crippen molar-refractivity contribution in [2.75, 3.05) is 0 Å². The van der Waals surface area contributed by atoms with Crippen molar-refractivity contribution in [2.24, 2.45) is 5.92 Å². The molecule has 0 spiro atoms. The van der Waals surface area contributed by atoms with Crippen LogP contribution in [0.5, 0.6) is 0 Å². The molecule has 2 aromatic rings. The normalized spacial score (nSPS) is 17.5. The van der Waals surface area contributed by atoms with Gasteiger partial charge in [0.2, 0.25) is 0 Å². The van der Waals surface area contributed by atoms with Gasteiger partial charge < -0.3 is 5.32 Å². The second-order valence-electron chi connectivity index (χ2n) is 5.81. The lowest BCUT2D eigenvalue weighted by Crippen LogP contribution is -2.26. The summed E-state index contributed by atoms with van der Waals surface area (Å²) in [6, 6.07) is 17.6. The fourth-order valence-corrected chi connectivity index (χ4v) is 3.11. The Morgan fingerprint density at radius 3 is 2.14 bits per heavy atom. The van der Waals surface area contributed by atoms with E-state index in [1.807, 2.05) is 12.1 Å². The highest BCUT2D eigenvalue weighted by atomic mass is 79.9. The summed E-state index contributed by atoms with van der Waals surface area (Å²) in [6.07, 6.45) is 2.63. The van der Waals surface area contributed by atoms with Crippen LogP contribution in [0.25, 0.3) is 0 Å². The number of hydrogen-bond donors (Lipinski definition) is 1. The predicted molar refractivity (Wildman–Crippen MR) is 92.6 cm³/mol. The van der Waals surface area contributed by atoms with Gasteiger partial charge in [-0.2, -0.15) is 0 Å². The first kappa shape index (κ1) is 15.1. The Balaban J connectivity index is 1.76. The van der Waals surface area contributed by atoms with Crippen molar-refractivity contribution >= 4 is 27.5 Å². The van der Waals surface area contributed by atoms with Crippen molar-refractivity contribution in [1.82, 2.24) is 5.32 Å². The van der Waals surface area contributed by atoms with Gasteiger partial charge in [-0.1, -0.05) is 51.8 Å². The van der Waals surface area contributed by atoms with Crippen LogP contribution >= 0.6 is 27.5 Å². The van der Waals surface area contributed by atoms with Crippen molar-refractivity contribution in [3.63, 3.8) is 0 Å². The molecule has 1 N–H and O–H groups in total. The molecule has 0 heterocycles. The van der Waals surface area contributed by atoms with Crippen LogP contribution in [0, 0.1) is 5.92 Å². The Morgan fingerprint density at radius 2 is 1.57 bits per heavy atom. The van der Waals surface area contributed by atoms with Crippen LogP contribution in [-0.4, -0.2) is 0 Å². The van der Waals surface area contributed by atoms with Crippen molar-refractivity contribution < 1.29 is 0 Å². The molecule has 1 fully saturated rings. The fourth-order valence-electron chi connectivity index (χ4n) is 2.72. The summed E-state index contributed by atoms with van der Waals surface area (Å²) >= 11 is 9.49. The minimum Gasteiger partial charge on any atom is -0.303 e. The van der Waals surface area contributed by atoms with Gasteiger partial charge in [0.1, 0.15) is 0 Å². The number of rotatable bonds is 5. The number of nitrogens with one attached hydrogen (secondary N) is 1. The first-order chi connectivity index (χ1) is 10.1. The van der Waals surface area contributed by atoms with Gasteiger partial charge in [0.25, 0.3) is 0 Å². The zero-order valence-corrected chi connectivity index (χ0v) is 14.4. The highest BCUT2D eigenvalue weighted by Gasteiger charge is 2.33. The van der Waals surface area contributed by atoms with Gasteiger partial charge in [-0.3, -0.25) is 0 Å². The summed E-state index contributed by atoms with van der Waals surface area (Å²) < 4.78 is 1.12. The monoisotopic (exact) mass is 363 g/mol. The molecule has 0 aromatic heterocycles. The SMILES string of the molecule is CC(NC(c1ccc(Cl)cc1)C1CC1)c1ccc(Br)cc1. The molecular formula is C18H19BrClN. The van der Waals surface area contributed by atoms with Gasteiger partial charge in [0.05, 0.1) is 0 Å². The Labute approximate surface area is 139 Å². The topological polar surface area (TPSA) is 12.0 Å². The maximum absolute atomic E-state index is 6.00. The first-order valence-electron chi connectivity index (χ1n) is 7.40. The van der Waals surface area contributed by atoms with Crippen molar-refractivity contribution in [1.29, 1.82) is 0 Å². The van der Waals surface area contributed by atoms with Gasteiger partial charge in [0.15, 0.2) is 0 Å². The third-order valence-corrected chi connectivity index (χ3v) is 4.90. The van der Waals surface area contributed by atoms with Gasteiger partial charge in [-0.15, -0.1) is 0 Å². The zero-order valence-electron chi connectivity index (χ0n) is 12.0. The van der Waals surface area contributed by atoms with Crippen LogP contribution < -0.4 is 5.32 Å². The van der Waals surface area contributed by atoms with E-state index < -0.39 is 0 Å². The maximum atomic E-state index is 6.00. The lowest BCUT2D eigenvalue weighted by Gasteiger charge is -2.24. The molecule has 1 aliphatic rings. The molecular weight excluding hydrogens is 346 g/mol. The smallest absolute Gasteiger partial charge is 0.0406 e. The van der Waals surface area contributed by atoms with E-state index in [1.54, 1.807) is 0 Å². The summed E-state index contributed by atoms with van der Waals surface area (Å²) in [5.41, 5.74) is 2.66. The number of benzene rings is 2. The van der Waals surface area contributed by atoms with E-state index in [4.69, 9.17) is 11.6 Å². The first-order valence-corrected chi connectivity index (χ1v) is 8.57. The van der Waals surface area contributed by atoms with Crippen LogP contribution in [-0.2, 0) is 0 Å². The maximum Gasteiger partial charge on any atom is 0.0406 e. The second kappa shape index (κ2) is 6.51. The molecule has 2 unspecified atom stereocenters. The summed E-state index contributed by atoms with van der Waals surface area (Å²) in [5, 5.41) is 4.59. The molecule has 1 aliphatic carbocycles. The molecule has 110 valence electrons. The molecule has 0 radical (unpaired) electrons. The molecule has 0 saturated heterocycles. The van der Waals surface area contributed by atoms with Crippen molar-refractivity contribution in [3.8, 4) is 0 Å². The second-order valence-corrected chi connectivity index (χ2v) is 7.16. The van der Waals surface area contributed by atoms with Crippen LogP contribution in [0.4, 0.5) is 0 Å². The van der Waals surface area contributed by atoms with Crippen molar-refractivity contribution in [2.45, 2.75) is 31.8 Å². The van der Waals surface area contributed by atoms with Gasteiger partial charge in [0, 0.05) is 21.6 Å². The van der Waals surface area contributed by atoms with Crippen LogP contribution in [0.3, 0.4) is 0 Å². The Bertz CT molecular complexity index is 590. The fraction of sp³-hybridized carbons (Fsp3) is 0.333. The predicted octanol–water partition coefficient (Wildman–Crippen LogP) is 5.90. The standard InChI is InChI=1S/C18H19BrClN/c1-12(13-4-8-16(19)9-5-13)21-18(14-2-3-14)15-6-10-17(20)11-7-15/h4-12,14,18,21H,2-3H2,1H3.